The Balaban J connectivity index is 2.22. The van der Waals surface area contributed by atoms with E-state index in [1.807, 2.05) is 24.3 Å². The van der Waals surface area contributed by atoms with Gasteiger partial charge in [-0.15, -0.1) is 0 Å². The van der Waals surface area contributed by atoms with Gasteiger partial charge in [-0.25, -0.2) is 8.78 Å². The van der Waals surface area contributed by atoms with Crippen LogP contribution < -0.4 is 10.6 Å². The maximum Gasteiger partial charge on any atom is 0.131 e. The quantitative estimate of drug-likeness (QED) is 0.837. The molecule has 0 spiro atoms. The molecule has 2 N–H and O–H groups in total. The number of hydrogen-bond acceptors (Lipinski definition) is 2. The van der Waals surface area contributed by atoms with E-state index in [-0.39, 0.29) is 0 Å². The Morgan fingerprint density at radius 3 is 2.35 bits per heavy atom. The molecule has 0 aliphatic carbocycles. The number of benzene rings is 2. The van der Waals surface area contributed by atoms with Gasteiger partial charge in [-0.2, -0.15) is 0 Å². The summed E-state index contributed by atoms with van der Waals surface area (Å²) in [7, 11) is 0. The number of nitrogens with zero attached hydrogens (tertiary/aromatic N) is 1. The molecule has 0 aromatic heterocycles. The zero-order valence-corrected chi connectivity index (χ0v) is 11.4. The molecule has 0 amide bonds. The predicted octanol–water partition coefficient (Wildman–Crippen LogP) is 3.96. The molecule has 106 valence electrons. The summed E-state index contributed by atoms with van der Waals surface area (Å²) in [6.07, 6.45) is 0.938. The fourth-order valence-corrected chi connectivity index (χ4v) is 2.11. The first-order valence-electron chi connectivity index (χ1n) is 6.64. The Morgan fingerprint density at radius 1 is 1.05 bits per heavy atom. The Bertz CT molecular complexity index is 567. The van der Waals surface area contributed by atoms with Gasteiger partial charge in [0.05, 0.1) is 0 Å². The highest BCUT2D eigenvalue weighted by molar-refractivity contribution is 5.53. The summed E-state index contributed by atoms with van der Waals surface area (Å²) < 4.78 is 26.7. The molecule has 0 saturated carbocycles. The summed E-state index contributed by atoms with van der Waals surface area (Å²) in [5.74, 6) is -1.07. The van der Waals surface area contributed by atoms with E-state index in [1.165, 1.54) is 12.1 Å². The molecule has 0 fully saturated rings. The second kappa shape index (κ2) is 6.37. The van der Waals surface area contributed by atoms with E-state index in [1.54, 1.807) is 0 Å². The van der Waals surface area contributed by atoms with Crippen molar-refractivity contribution in [3.8, 4) is 0 Å². The molecule has 0 unspecified atom stereocenters. The molecule has 0 radical (unpaired) electrons. The number of halogens is 2. The molecule has 4 heteroatoms. The minimum Gasteiger partial charge on any atom is -0.399 e. The van der Waals surface area contributed by atoms with E-state index >= 15 is 0 Å². The van der Waals surface area contributed by atoms with Gasteiger partial charge in [-0.3, -0.25) is 0 Å². The summed E-state index contributed by atoms with van der Waals surface area (Å²) in [5, 5.41) is 0. The largest absolute Gasteiger partial charge is 0.399 e. The molecule has 0 bridgehead atoms. The van der Waals surface area contributed by atoms with Crippen molar-refractivity contribution >= 4 is 11.4 Å². The number of anilines is 2. The standard InChI is InChI=1S/C16H18F2N2/c1-2-9-20(15-7-5-14(19)6-8-15)11-12-3-4-13(17)10-16(12)18/h3-8,10H,2,9,11,19H2,1H3. The minimum atomic E-state index is -0.555. The van der Waals surface area contributed by atoms with Gasteiger partial charge in [0.25, 0.3) is 0 Å². The van der Waals surface area contributed by atoms with Crippen LogP contribution in [0.1, 0.15) is 18.9 Å². The summed E-state index contributed by atoms with van der Waals surface area (Å²) in [6, 6.07) is 11.1. The van der Waals surface area contributed by atoms with Crippen LogP contribution in [0.25, 0.3) is 0 Å². The highest BCUT2D eigenvalue weighted by atomic mass is 19.1. The van der Waals surface area contributed by atoms with Crippen LogP contribution in [0.15, 0.2) is 42.5 Å². The molecule has 20 heavy (non-hydrogen) atoms. The molecule has 0 saturated heterocycles. The van der Waals surface area contributed by atoms with E-state index < -0.39 is 11.6 Å². The summed E-state index contributed by atoms with van der Waals surface area (Å²) in [5.41, 5.74) is 7.83. The van der Waals surface area contributed by atoms with Crippen LogP contribution >= 0.6 is 0 Å². The maximum absolute atomic E-state index is 13.7. The number of nitrogen functional groups attached to an aromatic ring is 1. The van der Waals surface area contributed by atoms with Crippen LogP contribution in [0.3, 0.4) is 0 Å². The van der Waals surface area contributed by atoms with Gasteiger partial charge in [0.2, 0.25) is 0 Å². The second-order valence-electron chi connectivity index (χ2n) is 4.75. The molecular formula is C16H18F2N2. The van der Waals surface area contributed by atoms with Crippen molar-refractivity contribution in [2.24, 2.45) is 0 Å². The van der Waals surface area contributed by atoms with Crippen molar-refractivity contribution in [3.05, 3.63) is 59.7 Å². The molecule has 0 aliphatic heterocycles. The average Bonchev–Trinajstić information content (AvgIpc) is 2.42. The van der Waals surface area contributed by atoms with Crippen molar-refractivity contribution in [2.45, 2.75) is 19.9 Å². The van der Waals surface area contributed by atoms with Crippen LogP contribution in [0.4, 0.5) is 20.2 Å². The fraction of sp³-hybridized carbons (Fsp3) is 0.250. The molecule has 0 heterocycles. The highest BCUT2D eigenvalue weighted by Crippen LogP contribution is 2.20. The van der Waals surface area contributed by atoms with Gasteiger partial charge < -0.3 is 10.6 Å². The highest BCUT2D eigenvalue weighted by Gasteiger charge is 2.10. The molecular weight excluding hydrogens is 258 g/mol. The number of rotatable bonds is 5. The van der Waals surface area contributed by atoms with Crippen LogP contribution in [-0.2, 0) is 6.54 Å². The minimum absolute atomic E-state index is 0.407. The monoisotopic (exact) mass is 276 g/mol. The van der Waals surface area contributed by atoms with Crippen LogP contribution in [-0.4, -0.2) is 6.54 Å². The van der Waals surface area contributed by atoms with Gasteiger partial charge in [-0.05, 0) is 36.8 Å². The second-order valence-corrected chi connectivity index (χ2v) is 4.75. The van der Waals surface area contributed by atoms with Crippen molar-refractivity contribution in [2.75, 3.05) is 17.2 Å². The first-order valence-corrected chi connectivity index (χ1v) is 6.64. The third kappa shape index (κ3) is 3.47. The summed E-state index contributed by atoms with van der Waals surface area (Å²) >= 11 is 0. The molecule has 2 nitrogen and oxygen atoms in total. The smallest absolute Gasteiger partial charge is 0.131 e. The van der Waals surface area contributed by atoms with Crippen molar-refractivity contribution in [3.63, 3.8) is 0 Å². The van der Waals surface area contributed by atoms with E-state index in [0.29, 0.717) is 17.8 Å². The zero-order chi connectivity index (χ0) is 14.5. The Kier molecular flexibility index (Phi) is 4.56. The van der Waals surface area contributed by atoms with Crippen molar-refractivity contribution < 1.29 is 8.78 Å². The predicted molar refractivity (Wildman–Crippen MR) is 78.6 cm³/mol. The first kappa shape index (κ1) is 14.3. The Hall–Kier alpha value is -2.10. The summed E-state index contributed by atoms with van der Waals surface area (Å²) in [6.45, 7) is 3.26. The van der Waals surface area contributed by atoms with Crippen LogP contribution in [0.2, 0.25) is 0 Å². The van der Waals surface area contributed by atoms with Crippen LogP contribution in [0.5, 0.6) is 0 Å². The first-order chi connectivity index (χ1) is 9.60. The lowest BCUT2D eigenvalue weighted by Crippen LogP contribution is -2.24. The Labute approximate surface area is 117 Å². The molecule has 2 aromatic carbocycles. The average molecular weight is 276 g/mol. The number of nitrogens with two attached hydrogens (primary N) is 1. The van der Waals surface area contributed by atoms with E-state index in [2.05, 4.69) is 11.8 Å². The summed E-state index contributed by atoms with van der Waals surface area (Å²) in [4.78, 5) is 2.05. The molecule has 2 aromatic rings. The molecule has 2 rings (SSSR count). The number of hydrogen-bond donors (Lipinski definition) is 1. The van der Waals surface area contributed by atoms with Gasteiger partial charge in [0, 0.05) is 36.1 Å². The SMILES string of the molecule is CCCN(Cc1ccc(F)cc1F)c1ccc(N)cc1. The third-order valence-corrected chi connectivity index (χ3v) is 3.13. The van der Waals surface area contributed by atoms with E-state index in [9.17, 15) is 8.78 Å². The molecule has 0 aliphatic rings. The zero-order valence-electron chi connectivity index (χ0n) is 11.4. The lowest BCUT2D eigenvalue weighted by molar-refractivity contribution is 0.568. The van der Waals surface area contributed by atoms with E-state index in [0.717, 1.165) is 24.7 Å². The van der Waals surface area contributed by atoms with Crippen molar-refractivity contribution in [1.29, 1.82) is 0 Å². The van der Waals surface area contributed by atoms with Crippen molar-refractivity contribution in [1.82, 2.24) is 0 Å². The van der Waals surface area contributed by atoms with Gasteiger partial charge in [0.1, 0.15) is 11.6 Å². The van der Waals surface area contributed by atoms with Crippen LogP contribution in [0, 0.1) is 11.6 Å². The fourth-order valence-electron chi connectivity index (χ4n) is 2.11. The maximum atomic E-state index is 13.7. The Morgan fingerprint density at radius 2 is 1.75 bits per heavy atom. The van der Waals surface area contributed by atoms with E-state index in [4.69, 9.17) is 5.73 Å². The van der Waals surface area contributed by atoms with Gasteiger partial charge in [0.15, 0.2) is 0 Å². The topological polar surface area (TPSA) is 29.3 Å². The normalized spacial score (nSPS) is 10.6. The van der Waals surface area contributed by atoms with Gasteiger partial charge >= 0.3 is 0 Å². The third-order valence-electron chi connectivity index (χ3n) is 3.13. The lowest BCUT2D eigenvalue weighted by Gasteiger charge is -2.25. The van der Waals surface area contributed by atoms with Gasteiger partial charge in [-0.1, -0.05) is 13.0 Å². The molecule has 0 atom stereocenters. The lowest BCUT2D eigenvalue weighted by atomic mass is 10.1.